The Labute approximate surface area is 168 Å². The first-order valence-electron chi connectivity index (χ1n) is 8.32. The first-order valence-corrected chi connectivity index (χ1v) is 8.32. The van der Waals surface area contributed by atoms with Gasteiger partial charge in [-0.3, -0.25) is 0 Å². The molecule has 0 atom stereocenters. The summed E-state index contributed by atoms with van der Waals surface area (Å²) >= 11 is 0. The molecule has 0 aliphatic rings. The van der Waals surface area contributed by atoms with Crippen molar-refractivity contribution in [3.63, 3.8) is 0 Å². The summed E-state index contributed by atoms with van der Waals surface area (Å²) in [6.07, 6.45) is 0. The number of rotatable bonds is 9. The molecular weight excluding hydrogens is 433 g/mol. The fraction of sp³-hybridized carbons (Fsp3) is 0.611. The lowest BCUT2D eigenvalue weighted by molar-refractivity contribution is 0.0268. The molecule has 25 heavy (non-hydrogen) atoms. The molecule has 0 radical (unpaired) electrons. The summed E-state index contributed by atoms with van der Waals surface area (Å²) in [6, 6.07) is 5.87. The lowest BCUT2D eigenvalue weighted by Gasteiger charge is -2.24. The van der Waals surface area contributed by atoms with Crippen molar-refractivity contribution >= 4 is 29.9 Å². The summed E-state index contributed by atoms with van der Waals surface area (Å²) in [7, 11) is 3.35. The molecule has 0 aliphatic heterocycles. The van der Waals surface area contributed by atoms with Crippen LogP contribution in [0.1, 0.15) is 33.3 Å². The molecule has 0 amide bonds. The second kappa shape index (κ2) is 12.2. The number of hydrogen-bond donors (Lipinski definition) is 2. The molecule has 7 heteroatoms. The predicted octanol–water partition coefficient (Wildman–Crippen LogP) is 3.19. The van der Waals surface area contributed by atoms with Gasteiger partial charge in [0.05, 0.1) is 25.9 Å². The van der Waals surface area contributed by atoms with Gasteiger partial charge in [0.25, 0.3) is 0 Å². The molecular formula is C18H32IN3O3. The van der Waals surface area contributed by atoms with Crippen LogP contribution in [0.2, 0.25) is 0 Å². The van der Waals surface area contributed by atoms with Crippen molar-refractivity contribution in [1.82, 2.24) is 10.6 Å². The molecule has 0 saturated heterocycles. The highest BCUT2D eigenvalue weighted by atomic mass is 127. The molecule has 144 valence electrons. The van der Waals surface area contributed by atoms with E-state index in [2.05, 4.69) is 15.6 Å². The van der Waals surface area contributed by atoms with Crippen LogP contribution in [0, 0.1) is 0 Å². The zero-order valence-corrected chi connectivity index (χ0v) is 18.5. The van der Waals surface area contributed by atoms with Crippen molar-refractivity contribution in [3.8, 4) is 11.5 Å². The second-order valence-electron chi connectivity index (χ2n) is 5.93. The Balaban J connectivity index is 0.00000576. The quantitative estimate of drug-likeness (QED) is 0.333. The number of nitrogens with one attached hydrogen (secondary N) is 2. The monoisotopic (exact) mass is 465 g/mol. The summed E-state index contributed by atoms with van der Waals surface area (Å²) in [4.78, 5) is 4.61. The second-order valence-corrected chi connectivity index (χ2v) is 5.93. The van der Waals surface area contributed by atoms with Crippen LogP contribution in [0.3, 0.4) is 0 Å². The molecule has 6 nitrogen and oxygen atoms in total. The summed E-state index contributed by atoms with van der Waals surface area (Å²) in [6.45, 7) is 10.7. The summed E-state index contributed by atoms with van der Waals surface area (Å²) in [5.74, 6) is 2.23. The number of guanidine groups is 1. The molecule has 0 heterocycles. The lowest BCUT2D eigenvalue weighted by atomic mass is 10.1. The number of benzene rings is 1. The Morgan fingerprint density at radius 2 is 1.84 bits per heavy atom. The molecule has 0 aliphatic carbocycles. The first-order chi connectivity index (χ1) is 11.5. The minimum absolute atomic E-state index is 0. The maximum Gasteiger partial charge on any atom is 0.191 e. The van der Waals surface area contributed by atoms with Gasteiger partial charge in [-0.1, -0.05) is 6.07 Å². The molecule has 0 unspecified atom stereocenters. The molecule has 0 spiro atoms. The Morgan fingerprint density at radius 1 is 1.12 bits per heavy atom. The number of halogens is 1. The fourth-order valence-corrected chi connectivity index (χ4v) is 1.97. The van der Waals surface area contributed by atoms with Gasteiger partial charge in [0.1, 0.15) is 0 Å². The number of aliphatic imine (C=N–C) groups is 1. The third kappa shape index (κ3) is 8.62. The molecule has 0 aromatic heterocycles. The highest BCUT2D eigenvalue weighted by Crippen LogP contribution is 2.28. The Hall–Kier alpha value is -1.22. The highest BCUT2D eigenvalue weighted by Gasteiger charge is 2.16. The lowest BCUT2D eigenvalue weighted by Crippen LogP contribution is -2.45. The molecule has 2 N–H and O–H groups in total. The number of ether oxygens (including phenoxy) is 3. The van der Waals surface area contributed by atoms with Crippen molar-refractivity contribution in [2.45, 2.75) is 39.8 Å². The Kier molecular flexibility index (Phi) is 11.6. The molecule has 1 aromatic carbocycles. The zero-order valence-electron chi connectivity index (χ0n) is 16.1. The van der Waals surface area contributed by atoms with Gasteiger partial charge in [-0.05, 0) is 45.4 Å². The van der Waals surface area contributed by atoms with E-state index in [-0.39, 0.29) is 29.6 Å². The van der Waals surface area contributed by atoms with E-state index in [9.17, 15) is 0 Å². The Morgan fingerprint density at radius 3 is 2.40 bits per heavy atom. The van der Waals surface area contributed by atoms with Crippen molar-refractivity contribution in [3.05, 3.63) is 23.8 Å². The van der Waals surface area contributed by atoms with Crippen molar-refractivity contribution < 1.29 is 14.2 Å². The van der Waals surface area contributed by atoms with E-state index in [0.29, 0.717) is 19.7 Å². The third-order valence-electron chi connectivity index (χ3n) is 3.53. The van der Waals surface area contributed by atoms with E-state index < -0.39 is 0 Å². The third-order valence-corrected chi connectivity index (χ3v) is 3.53. The van der Waals surface area contributed by atoms with Gasteiger partial charge >= 0.3 is 0 Å². The summed E-state index contributed by atoms with van der Waals surface area (Å²) in [5, 5.41) is 6.54. The summed E-state index contributed by atoms with van der Waals surface area (Å²) < 4.78 is 16.3. The van der Waals surface area contributed by atoms with E-state index >= 15 is 0 Å². The SMILES string of the molecule is CCNC(=NCc1ccc(OCC)c(OC)c1)NCC(C)(C)OC.I. The van der Waals surface area contributed by atoms with Crippen molar-refractivity contribution in [1.29, 1.82) is 0 Å². The van der Waals surface area contributed by atoms with Gasteiger partial charge in [-0.2, -0.15) is 0 Å². The maximum atomic E-state index is 5.54. The molecule has 0 bridgehead atoms. The van der Waals surface area contributed by atoms with Crippen LogP contribution < -0.4 is 20.1 Å². The minimum atomic E-state index is -0.251. The zero-order chi connectivity index (χ0) is 18.0. The normalized spacial score (nSPS) is 11.5. The van der Waals surface area contributed by atoms with Crippen molar-refractivity contribution in [2.24, 2.45) is 4.99 Å². The first kappa shape index (κ1) is 23.8. The molecule has 0 fully saturated rings. The topological polar surface area (TPSA) is 64.1 Å². The highest BCUT2D eigenvalue weighted by molar-refractivity contribution is 14.0. The molecule has 1 rings (SSSR count). The van der Waals surface area contributed by atoms with Crippen LogP contribution in [0.25, 0.3) is 0 Å². The molecule has 0 saturated carbocycles. The minimum Gasteiger partial charge on any atom is -0.493 e. The standard InChI is InChI=1S/C18H31N3O3.HI/c1-7-19-17(21-13-18(3,4)23-6)20-12-14-9-10-15(24-8-2)16(11-14)22-5;/h9-11H,7-8,12-13H2,1-6H3,(H2,19,20,21);1H. The number of methoxy groups -OCH3 is 2. The van der Waals surface area contributed by atoms with Crippen molar-refractivity contribution in [2.75, 3.05) is 33.9 Å². The van der Waals surface area contributed by atoms with Gasteiger partial charge in [-0.15, -0.1) is 24.0 Å². The Bertz CT molecular complexity index is 536. The average molecular weight is 465 g/mol. The molecule has 1 aromatic rings. The summed E-state index contributed by atoms with van der Waals surface area (Å²) in [5.41, 5.74) is 0.803. The van der Waals surface area contributed by atoms with E-state index in [0.717, 1.165) is 29.6 Å². The van der Waals surface area contributed by atoms with E-state index in [1.807, 2.05) is 45.9 Å². The van der Waals surface area contributed by atoms with Crippen LogP contribution in [0.4, 0.5) is 0 Å². The maximum absolute atomic E-state index is 5.54. The van der Waals surface area contributed by atoms with E-state index in [1.54, 1.807) is 14.2 Å². The average Bonchev–Trinajstić information content (AvgIpc) is 2.58. The van der Waals surface area contributed by atoms with Gasteiger partial charge in [-0.25, -0.2) is 4.99 Å². The smallest absolute Gasteiger partial charge is 0.191 e. The van der Waals surface area contributed by atoms with Crippen LogP contribution in [0.15, 0.2) is 23.2 Å². The van der Waals surface area contributed by atoms with Crippen LogP contribution in [-0.2, 0) is 11.3 Å². The van der Waals surface area contributed by atoms with E-state index in [4.69, 9.17) is 14.2 Å². The van der Waals surface area contributed by atoms with Crippen LogP contribution in [-0.4, -0.2) is 45.5 Å². The van der Waals surface area contributed by atoms with Gasteiger partial charge in [0.15, 0.2) is 17.5 Å². The van der Waals surface area contributed by atoms with Crippen LogP contribution >= 0.6 is 24.0 Å². The predicted molar refractivity (Wildman–Crippen MR) is 113 cm³/mol. The van der Waals surface area contributed by atoms with Gasteiger partial charge in [0, 0.05) is 20.2 Å². The van der Waals surface area contributed by atoms with Crippen LogP contribution in [0.5, 0.6) is 11.5 Å². The van der Waals surface area contributed by atoms with Gasteiger partial charge < -0.3 is 24.8 Å². The largest absolute Gasteiger partial charge is 0.493 e. The fourth-order valence-electron chi connectivity index (χ4n) is 1.97. The number of nitrogens with zero attached hydrogens (tertiary/aromatic N) is 1. The van der Waals surface area contributed by atoms with E-state index in [1.165, 1.54) is 0 Å². The number of hydrogen-bond acceptors (Lipinski definition) is 4. The van der Waals surface area contributed by atoms with Gasteiger partial charge in [0.2, 0.25) is 0 Å².